The summed E-state index contributed by atoms with van der Waals surface area (Å²) in [6, 6.07) is 7.30. The van der Waals surface area contributed by atoms with Crippen LogP contribution in [-0.4, -0.2) is 66.9 Å². The molecule has 0 bridgehead atoms. The lowest BCUT2D eigenvalue weighted by Gasteiger charge is -2.35. The number of nitrogens with one attached hydrogen (secondary N) is 1. The maximum atomic E-state index is 14.3. The Kier molecular flexibility index (Phi) is 5.25. The molecule has 8 heteroatoms. The van der Waals surface area contributed by atoms with Crippen molar-refractivity contribution in [3.63, 3.8) is 0 Å². The first-order valence-electron chi connectivity index (χ1n) is 8.61. The smallest absolute Gasteiger partial charge is 0.256 e. The summed E-state index contributed by atoms with van der Waals surface area (Å²) < 4.78 is 14.3. The highest BCUT2D eigenvalue weighted by atomic mass is 19.1. The van der Waals surface area contributed by atoms with E-state index in [0.717, 1.165) is 0 Å². The molecule has 0 aliphatic carbocycles. The van der Waals surface area contributed by atoms with E-state index in [0.29, 0.717) is 37.4 Å². The van der Waals surface area contributed by atoms with Crippen molar-refractivity contribution in [1.82, 2.24) is 14.8 Å². The van der Waals surface area contributed by atoms with Crippen LogP contribution in [0.3, 0.4) is 0 Å². The maximum absolute atomic E-state index is 14.3. The second-order valence-electron chi connectivity index (χ2n) is 6.58. The quantitative estimate of drug-likeness (QED) is 0.878. The highest BCUT2D eigenvalue weighted by Gasteiger charge is 2.27. The van der Waals surface area contributed by atoms with Crippen molar-refractivity contribution in [3.8, 4) is 0 Å². The molecule has 1 fully saturated rings. The number of nitrogens with zero attached hydrogens (tertiary/aromatic N) is 3. The SMILES string of the molecule is CN(C)c1ccc(C(=O)N2CCN(C(=O)c3ccc(=O)[nH]c3)CC2)c(F)c1. The normalized spacial score (nSPS) is 14.2. The molecule has 142 valence electrons. The molecule has 1 saturated heterocycles. The van der Waals surface area contributed by atoms with Crippen molar-refractivity contribution >= 4 is 17.5 Å². The van der Waals surface area contributed by atoms with Gasteiger partial charge in [-0.3, -0.25) is 14.4 Å². The number of halogens is 1. The van der Waals surface area contributed by atoms with Crippen molar-refractivity contribution < 1.29 is 14.0 Å². The van der Waals surface area contributed by atoms with Gasteiger partial charge in [0.1, 0.15) is 5.82 Å². The van der Waals surface area contributed by atoms with Crippen LogP contribution < -0.4 is 10.5 Å². The molecule has 2 heterocycles. The molecule has 1 aromatic heterocycles. The molecule has 1 aromatic carbocycles. The van der Waals surface area contributed by atoms with Gasteiger partial charge in [0.15, 0.2) is 0 Å². The largest absolute Gasteiger partial charge is 0.378 e. The minimum atomic E-state index is -0.557. The average molecular weight is 372 g/mol. The van der Waals surface area contributed by atoms with Crippen LogP contribution >= 0.6 is 0 Å². The molecule has 1 aliphatic heterocycles. The third-order valence-corrected chi connectivity index (χ3v) is 4.58. The zero-order chi connectivity index (χ0) is 19.6. The lowest BCUT2D eigenvalue weighted by atomic mass is 10.1. The summed E-state index contributed by atoms with van der Waals surface area (Å²) in [6.07, 6.45) is 1.38. The second kappa shape index (κ2) is 7.61. The fourth-order valence-corrected chi connectivity index (χ4v) is 2.96. The van der Waals surface area contributed by atoms with Crippen LogP contribution in [0, 0.1) is 5.82 Å². The minimum absolute atomic E-state index is 0.0287. The molecule has 3 rings (SSSR count). The van der Waals surface area contributed by atoms with Crippen LogP contribution in [-0.2, 0) is 0 Å². The summed E-state index contributed by atoms with van der Waals surface area (Å²) in [5.74, 6) is -1.15. The first-order chi connectivity index (χ1) is 12.9. The number of hydrogen-bond donors (Lipinski definition) is 1. The molecular formula is C19H21FN4O3. The fraction of sp³-hybridized carbons (Fsp3) is 0.316. The van der Waals surface area contributed by atoms with E-state index in [2.05, 4.69) is 4.98 Å². The van der Waals surface area contributed by atoms with Gasteiger partial charge in [-0.25, -0.2) is 4.39 Å². The lowest BCUT2D eigenvalue weighted by Crippen LogP contribution is -2.50. The second-order valence-corrected chi connectivity index (χ2v) is 6.58. The zero-order valence-corrected chi connectivity index (χ0v) is 15.2. The summed E-state index contributed by atoms with van der Waals surface area (Å²) >= 11 is 0. The third kappa shape index (κ3) is 3.99. The van der Waals surface area contributed by atoms with Gasteiger partial charge in [-0.15, -0.1) is 0 Å². The summed E-state index contributed by atoms with van der Waals surface area (Å²) in [4.78, 5) is 43.6. The Hall–Kier alpha value is -3.16. The molecule has 2 aromatic rings. The number of aromatic amines is 1. The van der Waals surface area contributed by atoms with Crippen molar-refractivity contribution in [2.45, 2.75) is 0 Å². The highest BCUT2D eigenvalue weighted by Crippen LogP contribution is 2.19. The van der Waals surface area contributed by atoms with E-state index in [1.54, 1.807) is 34.9 Å². The predicted molar refractivity (Wildman–Crippen MR) is 99.6 cm³/mol. The van der Waals surface area contributed by atoms with Crippen molar-refractivity contribution in [2.75, 3.05) is 45.2 Å². The van der Waals surface area contributed by atoms with Crippen LogP contribution in [0.15, 0.2) is 41.3 Å². The number of piperazine rings is 1. The van der Waals surface area contributed by atoms with Gasteiger partial charge < -0.3 is 19.7 Å². The van der Waals surface area contributed by atoms with Gasteiger partial charge in [-0.2, -0.15) is 0 Å². The Labute approximate surface area is 156 Å². The summed E-state index contributed by atoms with van der Waals surface area (Å²) in [7, 11) is 3.60. The van der Waals surface area contributed by atoms with Crippen LogP contribution in [0.5, 0.6) is 0 Å². The van der Waals surface area contributed by atoms with Crippen molar-refractivity contribution in [3.05, 3.63) is 63.8 Å². The predicted octanol–water partition coefficient (Wildman–Crippen LogP) is 1.18. The number of H-pyrrole nitrogens is 1. The van der Waals surface area contributed by atoms with Crippen molar-refractivity contribution in [1.29, 1.82) is 0 Å². The van der Waals surface area contributed by atoms with E-state index in [1.165, 1.54) is 30.5 Å². The van der Waals surface area contributed by atoms with Gasteiger partial charge in [0.05, 0.1) is 11.1 Å². The van der Waals surface area contributed by atoms with Crippen LogP contribution in [0.2, 0.25) is 0 Å². The van der Waals surface area contributed by atoms with Crippen LogP contribution in [0.1, 0.15) is 20.7 Å². The van der Waals surface area contributed by atoms with Crippen molar-refractivity contribution in [2.24, 2.45) is 0 Å². The molecule has 27 heavy (non-hydrogen) atoms. The number of carbonyl (C=O) groups excluding carboxylic acids is 2. The van der Waals surface area contributed by atoms with E-state index >= 15 is 0 Å². The number of carbonyl (C=O) groups is 2. The van der Waals surface area contributed by atoms with E-state index in [-0.39, 0.29) is 22.9 Å². The maximum Gasteiger partial charge on any atom is 0.256 e. The first-order valence-corrected chi connectivity index (χ1v) is 8.61. The van der Waals surface area contributed by atoms with E-state index in [1.807, 2.05) is 0 Å². The molecule has 2 amide bonds. The van der Waals surface area contributed by atoms with E-state index in [9.17, 15) is 18.8 Å². The molecule has 0 saturated carbocycles. The molecular weight excluding hydrogens is 351 g/mol. The molecule has 7 nitrogen and oxygen atoms in total. The number of aromatic nitrogens is 1. The third-order valence-electron chi connectivity index (χ3n) is 4.58. The molecule has 1 aliphatic rings. The van der Waals surface area contributed by atoms with Gasteiger partial charge in [-0.05, 0) is 24.3 Å². The lowest BCUT2D eigenvalue weighted by molar-refractivity contribution is 0.0532. The number of benzene rings is 1. The van der Waals surface area contributed by atoms with E-state index < -0.39 is 5.82 Å². The number of rotatable bonds is 3. The van der Waals surface area contributed by atoms with Gasteiger partial charge in [0, 0.05) is 58.2 Å². The Morgan fingerprint density at radius 3 is 2.15 bits per heavy atom. The number of pyridine rings is 1. The Balaban J connectivity index is 1.65. The summed E-state index contributed by atoms with van der Waals surface area (Å²) in [5.41, 5.74) is 0.824. The van der Waals surface area contributed by atoms with Crippen LogP contribution in [0.4, 0.5) is 10.1 Å². The molecule has 0 radical (unpaired) electrons. The summed E-state index contributed by atoms with van der Waals surface area (Å²) in [5, 5.41) is 0. The summed E-state index contributed by atoms with van der Waals surface area (Å²) in [6.45, 7) is 1.34. The minimum Gasteiger partial charge on any atom is -0.378 e. The molecule has 1 N–H and O–H groups in total. The van der Waals surface area contributed by atoms with Gasteiger partial charge in [0.2, 0.25) is 5.56 Å². The topological polar surface area (TPSA) is 76.7 Å². The Morgan fingerprint density at radius 2 is 1.63 bits per heavy atom. The molecule has 0 unspecified atom stereocenters. The first kappa shape index (κ1) is 18.6. The van der Waals surface area contributed by atoms with Gasteiger partial charge in [-0.1, -0.05) is 0 Å². The Bertz CT molecular complexity index is 897. The fourth-order valence-electron chi connectivity index (χ4n) is 2.96. The standard InChI is InChI=1S/C19H21FN4O3/c1-22(2)14-4-5-15(16(20)11-14)19(27)24-9-7-23(8-10-24)18(26)13-3-6-17(25)21-12-13/h3-6,11-12H,7-10H2,1-2H3,(H,21,25). The van der Waals surface area contributed by atoms with Crippen LogP contribution in [0.25, 0.3) is 0 Å². The molecule has 0 atom stereocenters. The molecule has 0 spiro atoms. The Morgan fingerprint density at radius 1 is 1.00 bits per heavy atom. The average Bonchev–Trinajstić information content (AvgIpc) is 2.67. The van der Waals surface area contributed by atoms with E-state index in [4.69, 9.17) is 0 Å². The number of amides is 2. The monoisotopic (exact) mass is 372 g/mol. The number of hydrogen-bond acceptors (Lipinski definition) is 4. The number of anilines is 1. The van der Waals surface area contributed by atoms with Gasteiger partial charge in [0.25, 0.3) is 11.8 Å². The highest BCUT2D eigenvalue weighted by molar-refractivity contribution is 5.96. The zero-order valence-electron chi connectivity index (χ0n) is 15.2. The van der Waals surface area contributed by atoms with Gasteiger partial charge >= 0.3 is 0 Å².